The molecule has 7 nitrogen and oxygen atoms in total. The minimum absolute atomic E-state index is 0.260. The maximum absolute atomic E-state index is 5.03. The summed E-state index contributed by atoms with van der Waals surface area (Å²) in [5.41, 5.74) is 2.37. The summed E-state index contributed by atoms with van der Waals surface area (Å²) in [4.78, 5) is 20.9. The van der Waals surface area contributed by atoms with Gasteiger partial charge in [0.1, 0.15) is 11.5 Å². The number of piperazine rings is 1. The zero-order valence-electron chi connectivity index (χ0n) is 18.7. The Morgan fingerprint density at radius 3 is 2.43 bits per heavy atom. The maximum atomic E-state index is 5.03. The first-order valence-electron chi connectivity index (χ1n) is 11.9. The number of H-pyrrole nitrogens is 1. The lowest BCUT2D eigenvalue weighted by atomic mass is 9.79. The highest BCUT2D eigenvalue weighted by Gasteiger charge is 2.39. The Balaban J connectivity index is 1.42. The number of hydrogen-bond donors (Lipinski definition) is 2. The normalized spacial score (nSPS) is 23.3. The molecule has 1 saturated carbocycles. The number of aryl methyl sites for hydroxylation is 1. The van der Waals surface area contributed by atoms with E-state index in [9.17, 15) is 0 Å². The summed E-state index contributed by atoms with van der Waals surface area (Å²) in [7, 11) is 2.24. The monoisotopic (exact) mass is 411 g/mol. The topological polar surface area (TPSA) is 63.3 Å². The predicted molar refractivity (Wildman–Crippen MR) is 123 cm³/mol. The van der Waals surface area contributed by atoms with Crippen molar-refractivity contribution in [1.82, 2.24) is 24.8 Å². The molecule has 2 N–H and O–H groups in total. The van der Waals surface area contributed by atoms with Gasteiger partial charge < -0.3 is 20.1 Å². The van der Waals surface area contributed by atoms with Crippen LogP contribution in [-0.4, -0.2) is 83.2 Å². The maximum Gasteiger partial charge on any atom is 0.229 e. The minimum atomic E-state index is 0.260. The number of fused-ring (bicyclic) bond motifs is 1. The smallest absolute Gasteiger partial charge is 0.229 e. The molecule has 0 aromatic carbocycles. The fourth-order valence-electron chi connectivity index (χ4n) is 5.67. The Labute approximate surface area is 180 Å². The summed E-state index contributed by atoms with van der Waals surface area (Å²) < 4.78 is 0. The van der Waals surface area contributed by atoms with Gasteiger partial charge in [0.25, 0.3) is 0 Å². The first-order chi connectivity index (χ1) is 14.6. The van der Waals surface area contributed by atoms with E-state index >= 15 is 0 Å². The van der Waals surface area contributed by atoms with Crippen LogP contribution in [0.1, 0.15) is 50.6 Å². The van der Waals surface area contributed by atoms with Gasteiger partial charge in [-0.3, -0.25) is 4.90 Å². The van der Waals surface area contributed by atoms with Gasteiger partial charge in [0.2, 0.25) is 5.95 Å². The Morgan fingerprint density at radius 1 is 0.967 bits per heavy atom. The first-order valence-corrected chi connectivity index (χ1v) is 11.9. The number of nitrogens with one attached hydrogen (secondary N) is 2. The quantitative estimate of drug-likeness (QED) is 0.788. The molecule has 7 heteroatoms. The van der Waals surface area contributed by atoms with Gasteiger partial charge in [-0.1, -0.05) is 19.3 Å². The second-order valence-corrected chi connectivity index (χ2v) is 9.71. The largest absolute Gasteiger partial charge is 0.367 e. The molecule has 2 saturated heterocycles. The number of rotatable bonds is 5. The van der Waals surface area contributed by atoms with E-state index in [1.54, 1.807) is 0 Å². The summed E-state index contributed by atoms with van der Waals surface area (Å²) in [6.07, 6.45) is 9.13. The number of nitrogens with zero attached hydrogens (tertiary/aromatic N) is 5. The molecule has 4 heterocycles. The lowest BCUT2D eigenvalue weighted by molar-refractivity contribution is 0.0221. The van der Waals surface area contributed by atoms with Gasteiger partial charge in [-0.15, -0.1) is 0 Å². The van der Waals surface area contributed by atoms with Gasteiger partial charge in [-0.25, -0.2) is 0 Å². The molecule has 164 valence electrons. The van der Waals surface area contributed by atoms with Crippen LogP contribution >= 0.6 is 0 Å². The molecule has 2 aliphatic heterocycles. The van der Waals surface area contributed by atoms with Crippen molar-refractivity contribution in [3.05, 3.63) is 11.8 Å². The van der Waals surface area contributed by atoms with E-state index in [1.165, 1.54) is 71.1 Å². The summed E-state index contributed by atoms with van der Waals surface area (Å²) in [5, 5.41) is 4.96. The molecular weight excluding hydrogens is 374 g/mol. The van der Waals surface area contributed by atoms with Crippen LogP contribution in [0.2, 0.25) is 0 Å². The second-order valence-electron chi connectivity index (χ2n) is 9.71. The van der Waals surface area contributed by atoms with E-state index < -0.39 is 0 Å². The van der Waals surface area contributed by atoms with Gasteiger partial charge in [0, 0.05) is 57.0 Å². The molecule has 0 atom stereocenters. The molecule has 30 heavy (non-hydrogen) atoms. The van der Waals surface area contributed by atoms with Crippen LogP contribution in [0.15, 0.2) is 6.07 Å². The standard InChI is InChI=1S/C23H37N7/c1-18-16-19-20(26-22(27-21(19)25-18)29-10-6-7-11-29)24-17-23(8-4-3-5-9-23)30-14-12-28(2)13-15-30/h16H,3-15,17H2,1-2H3,(H2,24,25,26,27). The van der Waals surface area contributed by atoms with E-state index in [0.717, 1.165) is 48.1 Å². The van der Waals surface area contributed by atoms with E-state index in [-0.39, 0.29) is 5.54 Å². The number of aromatic nitrogens is 3. The third kappa shape index (κ3) is 3.89. The van der Waals surface area contributed by atoms with Crippen molar-refractivity contribution >= 4 is 22.8 Å². The fraction of sp³-hybridized carbons (Fsp3) is 0.739. The van der Waals surface area contributed by atoms with Crippen LogP contribution in [0.25, 0.3) is 11.0 Å². The van der Waals surface area contributed by atoms with Gasteiger partial charge in [-0.05, 0) is 45.7 Å². The van der Waals surface area contributed by atoms with Crippen molar-refractivity contribution in [2.45, 2.75) is 57.4 Å². The average molecular weight is 412 g/mol. The molecule has 0 unspecified atom stereocenters. The molecule has 0 spiro atoms. The molecule has 3 aliphatic rings. The summed E-state index contributed by atoms with van der Waals surface area (Å²) in [5.74, 6) is 1.88. The van der Waals surface area contributed by atoms with E-state index in [1.807, 2.05) is 0 Å². The molecule has 5 rings (SSSR count). The molecule has 3 fully saturated rings. The molecule has 2 aromatic heterocycles. The summed E-state index contributed by atoms with van der Waals surface area (Å²) in [6.45, 7) is 9.93. The third-order valence-corrected chi connectivity index (χ3v) is 7.54. The van der Waals surface area contributed by atoms with Crippen LogP contribution in [0.5, 0.6) is 0 Å². The van der Waals surface area contributed by atoms with Crippen molar-refractivity contribution in [2.75, 3.05) is 63.1 Å². The van der Waals surface area contributed by atoms with Gasteiger partial charge >= 0.3 is 0 Å². The highest BCUT2D eigenvalue weighted by atomic mass is 15.3. The van der Waals surface area contributed by atoms with Crippen LogP contribution in [-0.2, 0) is 0 Å². The summed E-state index contributed by atoms with van der Waals surface area (Å²) >= 11 is 0. The number of aromatic amines is 1. The van der Waals surface area contributed by atoms with E-state index in [0.29, 0.717) is 0 Å². The van der Waals surface area contributed by atoms with Crippen molar-refractivity contribution in [3.63, 3.8) is 0 Å². The summed E-state index contributed by atoms with van der Waals surface area (Å²) in [6, 6.07) is 2.19. The van der Waals surface area contributed by atoms with Crippen LogP contribution in [0.4, 0.5) is 11.8 Å². The molecule has 0 amide bonds. The van der Waals surface area contributed by atoms with E-state index in [2.05, 4.69) is 45.0 Å². The Hall–Kier alpha value is -1.86. The lowest BCUT2D eigenvalue weighted by Crippen LogP contribution is -2.60. The van der Waals surface area contributed by atoms with Crippen molar-refractivity contribution in [2.24, 2.45) is 0 Å². The van der Waals surface area contributed by atoms with Gasteiger partial charge in [-0.2, -0.15) is 9.97 Å². The van der Waals surface area contributed by atoms with E-state index in [4.69, 9.17) is 9.97 Å². The molecule has 0 radical (unpaired) electrons. The second kappa shape index (κ2) is 8.35. The first kappa shape index (κ1) is 20.1. The molecule has 1 aliphatic carbocycles. The highest BCUT2D eigenvalue weighted by molar-refractivity contribution is 5.89. The number of hydrogen-bond acceptors (Lipinski definition) is 6. The number of likely N-dealkylation sites (N-methyl/N-ethyl adjacent to an activating group) is 1. The van der Waals surface area contributed by atoms with Gasteiger partial charge in [0.15, 0.2) is 0 Å². The van der Waals surface area contributed by atoms with Crippen LogP contribution in [0, 0.1) is 6.92 Å². The zero-order valence-corrected chi connectivity index (χ0v) is 18.7. The molecule has 2 aromatic rings. The molecular formula is C23H37N7. The zero-order chi connectivity index (χ0) is 20.6. The lowest BCUT2D eigenvalue weighted by Gasteiger charge is -2.49. The molecule has 0 bridgehead atoms. The average Bonchev–Trinajstić information content (AvgIpc) is 3.42. The van der Waals surface area contributed by atoms with Crippen molar-refractivity contribution in [1.29, 1.82) is 0 Å². The van der Waals surface area contributed by atoms with Crippen molar-refractivity contribution in [3.8, 4) is 0 Å². The fourth-order valence-corrected chi connectivity index (χ4v) is 5.67. The Morgan fingerprint density at radius 2 is 1.70 bits per heavy atom. The van der Waals surface area contributed by atoms with Gasteiger partial charge in [0.05, 0.1) is 5.39 Å². The van der Waals surface area contributed by atoms with Crippen LogP contribution < -0.4 is 10.2 Å². The highest BCUT2D eigenvalue weighted by Crippen LogP contribution is 2.35. The SMILES string of the molecule is Cc1cc2c(NCC3(N4CCN(C)CC4)CCCCC3)nc(N3CCCC3)nc2[nH]1. The minimum Gasteiger partial charge on any atom is -0.367 e. The Bertz CT molecular complexity index is 856. The van der Waals surface area contributed by atoms with Crippen molar-refractivity contribution < 1.29 is 0 Å². The predicted octanol–water partition coefficient (Wildman–Crippen LogP) is 3.23. The number of anilines is 2. The van der Waals surface area contributed by atoms with Crippen LogP contribution in [0.3, 0.4) is 0 Å². The third-order valence-electron chi connectivity index (χ3n) is 7.54. The Kier molecular flexibility index (Phi) is 5.58.